The molecule has 0 aliphatic heterocycles. The highest BCUT2D eigenvalue weighted by molar-refractivity contribution is 6.37. The summed E-state index contributed by atoms with van der Waals surface area (Å²) >= 11 is 11.8. The SMILES string of the molecule is Cc1ccc(Cl)c(C=CC(=O)O)c1Cl. The molecule has 14 heavy (non-hydrogen) atoms. The van der Waals surface area contributed by atoms with Gasteiger partial charge < -0.3 is 5.11 Å². The predicted octanol–water partition coefficient (Wildman–Crippen LogP) is 3.40. The number of aliphatic carboxylic acids is 1. The van der Waals surface area contributed by atoms with Gasteiger partial charge in [-0.25, -0.2) is 4.79 Å². The molecule has 0 heterocycles. The molecular weight excluding hydrogens is 223 g/mol. The lowest BCUT2D eigenvalue weighted by Gasteiger charge is -2.04. The summed E-state index contributed by atoms with van der Waals surface area (Å²) in [7, 11) is 0. The first kappa shape index (κ1) is 11.1. The number of hydrogen-bond acceptors (Lipinski definition) is 1. The highest BCUT2D eigenvalue weighted by Gasteiger charge is 2.05. The molecule has 0 bridgehead atoms. The van der Waals surface area contributed by atoms with E-state index in [2.05, 4.69) is 0 Å². The van der Waals surface area contributed by atoms with Crippen molar-refractivity contribution in [2.75, 3.05) is 0 Å². The minimum Gasteiger partial charge on any atom is -0.478 e. The third-order valence-corrected chi connectivity index (χ3v) is 2.54. The molecule has 0 saturated heterocycles. The van der Waals surface area contributed by atoms with E-state index in [0.717, 1.165) is 11.6 Å². The second-order valence-corrected chi connectivity index (χ2v) is 3.55. The molecule has 2 nitrogen and oxygen atoms in total. The molecular formula is C10H8Cl2O2. The second kappa shape index (κ2) is 4.49. The van der Waals surface area contributed by atoms with E-state index in [-0.39, 0.29) is 0 Å². The van der Waals surface area contributed by atoms with Crippen LogP contribution in [0.15, 0.2) is 18.2 Å². The van der Waals surface area contributed by atoms with Gasteiger partial charge in [0, 0.05) is 16.7 Å². The van der Waals surface area contributed by atoms with Gasteiger partial charge in [-0.2, -0.15) is 0 Å². The molecule has 0 radical (unpaired) electrons. The molecule has 1 aromatic rings. The monoisotopic (exact) mass is 230 g/mol. The Bertz CT molecular complexity index is 397. The summed E-state index contributed by atoms with van der Waals surface area (Å²) < 4.78 is 0. The lowest BCUT2D eigenvalue weighted by Crippen LogP contribution is -1.88. The standard InChI is InChI=1S/C10H8Cl2O2/c1-6-2-4-8(11)7(10(6)12)3-5-9(13)14/h2-5H,1H3,(H,13,14). The molecule has 0 aliphatic rings. The van der Waals surface area contributed by atoms with Crippen molar-refractivity contribution in [3.05, 3.63) is 39.4 Å². The quantitative estimate of drug-likeness (QED) is 0.792. The lowest BCUT2D eigenvalue weighted by molar-refractivity contribution is -0.131. The van der Waals surface area contributed by atoms with Crippen LogP contribution in [0.4, 0.5) is 0 Å². The number of aryl methyl sites for hydroxylation is 1. The van der Waals surface area contributed by atoms with Crippen molar-refractivity contribution >= 4 is 35.2 Å². The van der Waals surface area contributed by atoms with E-state index in [1.54, 1.807) is 12.1 Å². The summed E-state index contributed by atoms with van der Waals surface area (Å²) in [5, 5.41) is 9.38. The Balaban J connectivity index is 3.19. The van der Waals surface area contributed by atoms with Crippen molar-refractivity contribution < 1.29 is 9.90 Å². The maximum absolute atomic E-state index is 10.3. The highest BCUT2D eigenvalue weighted by atomic mass is 35.5. The molecule has 0 atom stereocenters. The van der Waals surface area contributed by atoms with Crippen LogP contribution < -0.4 is 0 Å². The van der Waals surface area contributed by atoms with Crippen LogP contribution in [0, 0.1) is 6.92 Å². The average Bonchev–Trinajstić information content (AvgIpc) is 2.11. The zero-order chi connectivity index (χ0) is 10.7. The summed E-state index contributed by atoms with van der Waals surface area (Å²) in [6.07, 6.45) is 2.40. The Kier molecular flexibility index (Phi) is 3.55. The van der Waals surface area contributed by atoms with Crippen molar-refractivity contribution in [3.8, 4) is 0 Å². The first-order valence-corrected chi connectivity index (χ1v) is 4.63. The minimum atomic E-state index is -1.03. The summed E-state index contributed by atoms with van der Waals surface area (Å²) in [6.45, 7) is 1.83. The van der Waals surface area contributed by atoms with Crippen LogP contribution in [0.2, 0.25) is 10.0 Å². The number of carboxylic acid groups (broad SMARTS) is 1. The molecule has 0 saturated carbocycles. The Morgan fingerprint density at radius 3 is 2.64 bits per heavy atom. The molecule has 1 aromatic carbocycles. The average molecular weight is 231 g/mol. The topological polar surface area (TPSA) is 37.3 Å². The van der Waals surface area contributed by atoms with Crippen LogP contribution >= 0.6 is 23.2 Å². The summed E-state index contributed by atoms with van der Waals surface area (Å²) in [5.74, 6) is -1.03. The van der Waals surface area contributed by atoms with Gasteiger partial charge in [-0.05, 0) is 24.6 Å². The smallest absolute Gasteiger partial charge is 0.328 e. The Morgan fingerprint density at radius 2 is 2.07 bits per heavy atom. The Morgan fingerprint density at radius 1 is 1.43 bits per heavy atom. The van der Waals surface area contributed by atoms with Crippen molar-refractivity contribution in [2.45, 2.75) is 6.92 Å². The predicted molar refractivity (Wildman–Crippen MR) is 57.9 cm³/mol. The van der Waals surface area contributed by atoms with Gasteiger partial charge in [0.1, 0.15) is 0 Å². The van der Waals surface area contributed by atoms with Crippen molar-refractivity contribution in [1.29, 1.82) is 0 Å². The Labute approximate surface area is 91.8 Å². The van der Waals surface area contributed by atoms with Crippen LogP contribution in [0.5, 0.6) is 0 Å². The van der Waals surface area contributed by atoms with E-state index in [1.807, 2.05) is 6.92 Å². The third kappa shape index (κ3) is 2.50. The fourth-order valence-electron chi connectivity index (χ4n) is 0.986. The van der Waals surface area contributed by atoms with E-state index in [4.69, 9.17) is 28.3 Å². The van der Waals surface area contributed by atoms with Crippen LogP contribution in [-0.2, 0) is 4.79 Å². The number of carbonyl (C=O) groups is 1. The van der Waals surface area contributed by atoms with Gasteiger partial charge in [0.25, 0.3) is 0 Å². The van der Waals surface area contributed by atoms with Crippen LogP contribution in [0.1, 0.15) is 11.1 Å². The van der Waals surface area contributed by atoms with Gasteiger partial charge in [0.05, 0.1) is 5.02 Å². The fraction of sp³-hybridized carbons (Fsp3) is 0.100. The molecule has 0 unspecified atom stereocenters. The molecule has 1 rings (SSSR count). The van der Waals surface area contributed by atoms with Crippen LogP contribution in [0.25, 0.3) is 6.08 Å². The molecule has 0 fully saturated rings. The van der Waals surface area contributed by atoms with E-state index < -0.39 is 5.97 Å². The van der Waals surface area contributed by atoms with Gasteiger partial charge in [-0.15, -0.1) is 0 Å². The molecule has 4 heteroatoms. The number of carboxylic acids is 1. The first-order chi connectivity index (χ1) is 6.52. The number of halogens is 2. The zero-order valence-electron chi connectivity index (χ0n) is 7.42. The lowest BCUT2D eigenvalue weighted by atomic mass is 10.1. The van der Waals surface area contributed by atoms with Crippen LogP contribution in [0.3, 0.4) is 0 Å². The maximum atomic E-state index is 10.3. The van der Waals surface area contributed by atoms with Gasteiger partial charge in [0.15, 0.2) is 0 Å². The van der Waals surface area contributed by atoms with Gasteiger partial charge in [0.2, 0.25) is 0 Å². The largest absolute Gasteiger partial charge is 0.478 e. The molecule has 74 valence electrons. The van der Waals surface area contributed by atoms with Crippen molar-refractivity contribution in [1.82, 2.24) is 0 Å². The van der Waals surface area contributed by atoms with E-state index >= 15 is 0 Å². The second-order valence-electron chi connectivity index (χ2n) is 2.76. The van der Waals surface area contributed by atoms with Crippen LogP contribution in [-0.4, -0.2) is 11.1 Å². The van der Waals surface area contributed by atoms with Crippen molar-refractivity contribution in [2.24, 2.45) is 0 Å². The summed E-state index contributed by atoms with van der Waals surface area (Å²) in [5.41, 5.74) is 1.40. The highest BCUT2D eigenvalue weighted by Crippen LogP contribution is 2.28. The maximum Gasteiger partial charge on any atom is 0.328 e. The van der Waals surface area contributed by atoms with Gasteiger partial charge in [-0.1, -0.05) is 29.3 Å². The molecule has 0 aromatic heterocycles. The van der Waals surface area contributed by atoms with Crippen molar-refractivity contribution in [3.63, 3.8) is 0 Å². The minimum absolute atomic E-state index is 0.443. The van der Waals surface area contributed by atoms with E-state index in [9.17, 15) is 4.79 Å². The molecule has 1 N–H and O–H groups in total. The van der Waals surface area contributed by atoms with E-state index in [1.165, 1.54) is 6.08 Å². The first-order valence-electron chi connectivity index (χ1n) is 3.88. The normalized spacial score (nSPS) is 10.8. The fourth-order valence-corrected chi connectivity index (χ4v) is 1.48. The third-order valence-electron chi connectivity index (χ3n) is 1.71. The number of benzene rings is 1. The van der Waals surface area contributed by atoms with E-state index in [0.29, 0.717) is 15.6 Å². The molecule has 0 amide bonds. The van der Waals surface area contributed by atoms with Gasteiger partial charge in [-0.3, -0.25) is 0 Å². The zero-order valence-corrected chi connectivity index (χ0v) is 8.93. The Hall–Kier alpha value is -0.990. The number of hydrogen-bond donors (Lipinski definition) is 1. The number of rotatable bonds is 2. The summed E-state index contributed by atoms with van der Waals surface area (Å²) in [4.78, 5) is 10.3. The molecule has 0 spiro atoms. The summed E-state index contributed by atoms with van der Waals surface area (Å²) in [6, 6.07) is 3.47. The van der Waals surface area contributed by atoms with Gasteiger partial charge >= 0.3 is 5.97 Å². The molecule has 0 aliphatic carbocycles.